The molecule has 0 aliphatic heterocycles. The van der Waals surface area contributed by atoms with Gasteiger partial charge in [-0.05, 0) is 63.5 Å². The maximum absolute atomic E-state index is 11.7. The SMILES string of the molecule is CC(CC(=O)O)(Cc1ccc(O)c(C(C)(C)C)c1)Cc1ccc(O)c(C(C)(C)C)c1. The maximum Gasteiger partial charge on any atom is 0.303 e. The van der Waals surface area contributed by atoms with Crippen LogP contribution in [0.3, 0.4) is 0 Å². The van der Waals surface area contributed by atoms with E-state index in [-0.39, 0.29) is 28.7 Å². The molecular weight excluding hydrogens is 376 g/mol. The Morgan fingerprint density at radius 1 is 0.733 bits per heavy atom. The summed E-state index contributed by atoms with van der Waals surface area (Å²) in [5.41, 5.74) is 2.82. The van der Waals surface area contributed by atoms with Crippen molar-refractivity contribution in [1.82, 2.24) is 0 Å². The zero-order chi connectivity index (χ0) is 22.9. The normalized spacial score (nSPS) is 12.8. The molecule has 164 valence electrons. The van der Waals surface area contributed by atoms with Crippen molar-refractivity contribution < 1.29 is 20.1 Å². The van der Waals surface area contributed by atoms with E-state index in [9.17, 15) is 20.1 Å². The maximum atomic E-state index is 11.7. The number of phenols is 2. The lowest BCUT2D eigenvalue weighted by atomic mass is 9.74. The van der Waals surface area contributed by atoms with Crippen LogP contribution < -0.4 is 0 Å². The molecule has 0 atom stereocenters. The summed E-state index contributed by atoms with van der Waals surface area (Å²) in [6, 6.07) is 11.1. The summed E-state index contributed by atoms with van der Waals surface area (Å²) in [4.78, 5) is 11.7. The van der Waals surface area contributed by atoms with Gasteiger partial charge in [-0.15, -0.1) is 0 Å². The molecule has 4 heteroatoms. The Bertz CT molecular complexity index is 848. The third-order valence-electron chi connectivity index (χ3n) is 5.58. The molecular formula is C26H36O4. The average Bonchev–Trinajstić information content (AvgIpc) is 2.55. The van der Waals surface area contributed by atoms with E-state index in [4.69, 9.17) is 0 Å². The van der Waals surface area contributed by atoms with E-state index in [0.717, 1.165) is 22.3 Å². The van der Waals surface area contributed by atoms with Crippen LogP contribution in [0.4, 0.5) is 0 Å². The number of hydrogen-bond donors (Lipinski definition) is 3. The quantitative estimate of drug-likeness (QED) is 0.547. The summed E-state index contributed by atoms with van der Waals surface area (Å²) < 4.78 is 0. The minimum atomic E-state index is -0.831. The molecule has 2 aromatic rings. The van der Waals surface area contributed by atoms with Crippen LogP contribution in [0.15, 0.2) is 36.4 Å². The first kappa shape index (κ1) is 23.8. The third-order valence-corrected chi connectivity index (χ3v) is 5.58. The Hall–Kier alpha value is -2.49. The van der Waals surface area contributed by atoms with Crippen molar-refractivity contribution in [2.45, 2.75) is 78.6 Å². The summed E-state index contributed by atoms with van der Waals surface area (Å²) in [7, 11) is 0. The fourth-order valence-electron chi connectivity index (χ4n) is 4.13. The fraction of sp³-hybridized carbons (Fsp3) is 0.500. The van der Waals surface area contributed by atoms with Crippen molar-refractivity contribution in [2.24, 2.45) is 5.41 Å². The Kier molecular flexibility index (Phi) is 6.60. The van der Waals surface area contributed by atoms with Crippen molar-refractivity contribution in [3.8, 4) is 11.5 Å². The van der Waals surface area contributed by atoms with Gasteiger partial charge in [0.15, 0.2) is 0 Å². The van der Waals surface area contributed by atoms with Crippen molar-refractivity contribution >= 4 is 5.97 Å². The monoisotopic (exact) mass is 412 g/mol. The Labute approximate surface area is 180 Å². The number of aliphatic carboxylic acids is 1. The second-order valence-corrected chi connectivity index (χ2v) is 10.9. The summed E-state index contributed by atoms with van der Waals surface area (Å²) in [5, 5.41) is 30.1. The first-order valence-corrected chi connectivity index (χ1v) is 10.5. The van der Waals surface area contributed by atoms with Crippen LogP contribution in [-0.2, 0) is 28.5 Å². The molecule has 0 bridgehead atoms. The van der Waals surface area contributed by atoms with Gasteiger partial charge in [-0.2, -0.15) is 0 Å². The lowest BCUT2D eigenvalue weighted by molar-refractivity contribution is -0.139. The standard InChI is InChI=1S/C26H36O4/c1-24(2,3)19-12-17(8-10-21(19)27)14-26(7,16-23(29)30)15-18-9-11-22(28)20(13-18)25(4,5)6/h8-13,27-28H,14-16H2,1-7H3,(H,29,30). The first-order valence-electron chi connectivity index (χ1n) is 10.5. The number of phenolic OH excluding ortho intramolecular Hbond substituents is 2. The fourth-order valence-corrected chi connectivity index (χ4v) is 4.13. The van der Waals surface area contributed by atoms with Gasteiger partial charge in [0.2, 0.25) is 0 Å². The number of rotatable bonds is 6. The molecule has 0 heterocycles. The molecule has 3 N–H and O–H groups in total. The predicted molar refractivity (Wildman–Crippen MR) is 121 cm³/mol. The largest absolute Gasteiger partial charge is 0.508 e. The van der Waals surface area contributed by atoms with Crippen LogP contribution >= 0.6 is 0 Å². The summed E-state index contributed by atoms with van der Waals surface area (Å²) in [6.45, 7) is 14.3. The highest BCUT2D eigenvalue weighted by Gasteiger charge is 2.30. The van der Waals surface area contributed by atoms with Crippen LogP contribution in [0, 0.1) is 5.41 Å². The van der Waals surface area contributed by atoms with Gasteiger partial charge < -0.3 is 15.3 Å². The van der Waals surface area contributed by atoms with Gasteiger partial charge in [-0.25, -0.2) is 0 Å². The molecule has 0 aliphatic carbocycles. The third kappa shape index (κ3) is 6.01. The molecule has 4 nitrogen and oxygen atoms in total. The second-order valence-electron chi connectivity index (χ2n) is 10.9. The van der Waals surface area contributed by atoms with Gasteiger partial charge >= 0.3 is 5.97 Å². The van der Waals surface area contributed by atoms with Crippen molar-refractivity contribution in [1.29, 1.82) is 0 Å². The summed E-state index contributed by atoms with van der Waals surface area (Å²) in [6.07, 6.45) is 1.19. The molecule has 0 aromatic heterocycles. The summed E-state index contributed by atoms with van der Waals surface area (Å²) >= 11 is 0. The van der Waals surface area contributed by atoms with E-state index >= 15 is 0 Å². The Balaban J connectivity index is 2.41. The van der Waals surface area contributed by atoms with Gasteiger partial charge in [-0.1, -0.05) is 72.7 Å². The smallest absolute Gasteiger partial charge is 0.303 e. The minimum absolute atomic E-state index is 0.0322. The van der Waals surface area contributed by atoms with Crippen LogP contribution in [0.2, 0.25) is 0 Å². The van der Waals surface area contributed by atoms with Crippen molar-refractivity contribution in [3.63, 3.8) is 0 Å². The molecule has 2 rings (SSSR count). The molecule has 0 amide bonds. The van der Waals surface area contributed by atoms with Gasteiger partial charge in [-0.3, -0.25) is 4.79 Å². The molecule has 30 heavy (non-hydrogen) atoms. The second kappa shape index (κ2) is 8.33. The molecule has 0 saturated heterocycles. The lowest BCUT2D eigenvalue weighted by Crippen LogP contribution is -2.27. The molecule has 0 radical (unpaired) electrons. The predicted octanol–water partition coefficient (Wildman–Crippen LogP) is 5.96. The lowest BCUT2D eigenvalue weighted by Gasteiger charge is -2.30. The topological polar surface area (TPSA) is 77.8 Å². The molecule has 0 aliphatic rings. The molecule has 0 spiro atoms. The number of carboxylic acid groups (broad SMARTS) is 1. The average molecular weight is 413 g/mol. The van der Waals surface area contributed by atoms with Crippen LogP contribution in [-0.4, -0.2) is 21.3 Å². The van der Waals surface area contributed by atoms with Gasteiger partial charge in [0, 0.05) is 0 Å². The van der Waals surface area contributed by atoms with Gasteiger partial charge in [0.05, 0.1) is 6.42 Å². The first-order chi connectivity index (χ1) is 13.6. The van der Waals surface area contributed by atoms with Crippen molar-refractivity contribution in [3.05, 3.63) is 58.7 Å². The Morgan fingerprint density at radius 2 is 1.10 bits per heavy atom. The van der Waals surface area contributed by atoms with Crippen LogP contribution in [0.5, 0.6) is 11.5 Å². The van der Waals surface area contributed by atoms with Gasteiger partial charge in [0.25, 0.3) is 0 Å². The van der Waals surface area contributed by atoms with E-state index in [1.165, 1.54) is 0 Å². The number of carboxylic acids is 1. The Morgan fingerprint density at radius 3 is 1.40 bits per heavy atom. The summed E-state index contributed by atoms with van der Waals surface area (Å²) in [5.74, 6) is -0.304. The highest BCUT2D eigenvalue weighted by molar-refractivity contribution is 5.68. The number of hydrogen-bond acceptors (Lipinski definition) is 3. The number of aromatic hydroxyl groups is 2. The van der Waals surface area contributed by atoms with E-state index in [0.29, 0.717) is 12.8 Å². The zero-order valence-corrected chi connectivity index (χ0v) is 19.3. The molecule has 0 fully saturated rings. The highest BCUT2D eigenvalue weighted by Crippen LogP contribution is 2.38. The van der Waals surface area contributed by atoms with E-state index in [2.05, 4.69) is 0 Å². The number of benzene rings is 2. The highest BCUT2D eigenvalue weighted by atomic mass is 16.4. The number of carbonyl (C=O) groups is 1. The van der Waals surface area contributed by atoms with E-state index in [1.807, 2.05) is 72.7 Å². The molecule has 2 aromatic carbocycles. The zero-order valence-electron chi connectivity index (χ0n) is 19.3. The van der Waals surface area contributed by atoms with Crippen LogP contribution in [0.1, 0.15) is 77.1 Å². The molecule has 0 unspecified atom stereocenters. The van der Waals surface area contributed by atoms with Gasteiger partial charge in [0.1, 0.15) is 11.5 Å². The van der Waals surface area contributed by atoms with Crippen LogP contribution in [0.25, 0.3) is 0 Å². The minimum Gasteiger partial charge on any atom is -0.508 e. The van der Waals surface area contributed by atoms with E-state index < -0.39 is 11.4 Å². The molecule has 0 saturated carbocycles. The van der Waals surface area contributed by atoms with E-state index in [1.54, 1.807) is 12.1 Å². The van der Waals surface area contributed by atoms with Crippen molar-refractivity contribution in [2.75, 3.05) is 0 Å².